The molecule has 38 heteroatoms. The summed E-state index contributed by atoms with van der Waals surface area (Å²) in [5.74, 6) is -2.01. The number of aromatic carboxylic acids is 1. The first-order valence-corrected chi connectivity index (χ1v) is 33.8. The first-order valence-electron chi connectivity index (χ1n) is 25.6. The molecule has 2 amide bonds. The third-order valence-electron chi connectivity index (χ3n) is 12.1. The zero-order valence-electron chi connectivity index (χ0n) is 46.1. The molecule has 5 atom stereocenters. The fourth-order valence-electron chi connectivity index (χ4n) is 8.27. The van der Waals surface area contributed by atoms with Crippen molar-refractivity contribution in [3.63, 3.8) is 0 Å². The highest BCUT2D eigenvalue weighted by atomic mass is 33.1. The summed E-state index contributed by atoms with van der Waals surface area (Å²) in [7, 11) is -19.2. The molecule has 0 bridgehead atoms. The summed E-state index contributed by atoms with van der Waals surface area (Å²) in [6.07, 6.45) is -1.98. The maximum Gasteiger partial charge on any atom is 0.490 e. The van der Waals surface area contributed by atoms with Gasteiger partial charge in [-0.2, -0.15) is 22.0 Å². The summed E-state index contributed by atoms with van der Waals surface area (Å²) in [6.45, 7) is 6.63. The van der Waals surface area contributed by atoms with E-state index in [1.54, 1.807) is 19.1 Å². The lowest BCUT2D eigenvalue weighted by Gasteiger charge is -2.24. The zero-order chi connectivity index (χ0) is 63.2. The number of aromatic nitrogens is 2. The van der Waals surface area contributed by atoms with Crippen molar-refractivity contribution in [1.29, 1.82) is 5.41 Å². The molecule has 1 saturated heterocycles. The SMILES string of the molecule is Cc1c2oc3c(S(=O)(=O)O)c(N)ccc3c(-c3ccc(CC(=O)NCCOCCOCCOCCOCCC(=O)NCC(C)(C)SSCOC4C[C@H](n5ccc(N)nc5=O)O[C@@H]4COP(=O)(O)OP(=O)(O)OP(=O)(O)O)cc3C(=O)O)c-2ccc1=N. The largest absolute Gasteiger partial charge is 0.490 e. The number of nitrogens with zero attached hydrogens (tertiary/aromatic N) is 2. The van der Waals surface area contributed by atoms with Crippen molar-refractivity contribution in [1.82, 2.24) is 20.2 Å². The van der Waals surface area contributed by atoms with E-state index in [1.165, 1.54) is 64.2 Å². The number of anilines is 2. The van der Waals surface area contributed by atoms with Gasteiger partial charge in [0.2, 0.25) is 11.8 Å². The molecule has 1 aliphatic carbocycles. The van der Waals surface area contributed by atoms with Gasteiger partial charge in [0.25, 0.3) is 10.1 Å². The number of hydrogen-bond donors (Lipinski definition) is 11. The van der Waals surface area contributed by atoms with Crippen LogP contribution in [0, 0.1) is 12.3 Å². The summed E-state index contributed by atoms with van der Waals surface area (Å²) in [6, 6.07) is 11.4. The third-order valence-corrected chi connectivity index (χ3v) is 19.8. The van der Waals surface area contributed by atoms with E-state index in [4.69, 9.17) is 64.0 Å². The second-order valence-corrected chi connectivity index (χ2v) is 27.9. The summed E-state index contributed by atoms with van der Waals surface area (Å²) in [5.41, 5.74) is 11.4. The van der Waals surface area contributed by atoms with E-state index in [0.29, 0.717) is 16.7 Å². The molecule has 3 unspecified atom stereocenters. The number of phosphoric acid groups is 3. The van der Waals surface area contributed by atoms with E-state index < -0.39 is 85.8 Å². The zero-order valence-corrected chi connectivity index (χ0v) is 51.2. The van der Waals surface area contributed by atoms with E-state index in [2.05, 4.69) is 24.2 Å². The van der Waals surface area contributed by atoms with Crippen LogP contribution in [0.5, 0.6) is 0 Å². The van der Waals surface area contributed by atoms with Crippen LogP contribution >= 0.6 is 45.1 Å². The van der Waals surface area contributed by atoms with Gasteiger partial charge in [0.1, 0.15) is 29.8 Å². The molecule has 3 heterocycles. The second kappa shape index (κ2) is 30.8. The van der Waals surface area contributed by atoms with Crippen molar-refractivity contribution in [3.05, 3.63) is 87.3 Å². The molecule has 3 aliphatic rings. The number of benzene rings is 3. The van der Waals surface area contributed by atoms with Gasteiger partial charge >= 0.3 is 35.1 Å². The number of carbonyl (C=O) groups excluding carboxylic acids is 2. The van der Waals surface area contributed by atoms with Crippen LogP contribution in [0.4, 0.5) is 11.5 Å². The topological polar surface area (TPSA) is 489 Å². The van der Waals surface area contributed by atoms with Crippen molar-refractivity contribution in [3.8, 4) is 22.5 Å². The number of phosphoric ester groups is 1. The number of carboxylic acids is 1. The Morgan fingerprint density at radius 3 is 2.16 bits per heavy atom. The molecule has 6 rings (SSSR count). The summed E-state index contributed by atoms with van der Waals surface area (Å²) in [5, 5.41) is 24.4. The Bertz CT molecular complexity index is 3590. The number of carbonyl (C=O) groups is 3. The second-order valence-electron chi connectivity index (χ2n) is 19.2. The van der Waals surface area contributed by atoms with Crippen LogP contribution in [0.25, 0.3) is 33.4 Å². The number of nitrogens with two attached hydrogens (primary N) is 2. The van der Waals surface area contributed by atoms with Gasteiger partial charge < -0.3 is 85.0 Å². The third kappa shape index (κ3) is 21.0. The molecule has 86 heavy (non-hydrogen) atoms. The predicted molar refractivity (Wildman–Crippen MR) is 308 cm³/mol. The molecule has 2 aliphatic heterocycles. The van der Waals surface area contributed by atoms with E-state index in [9.17, 15) is 60.7 Å². The van der Waals surface area contributed by atoms with Crippen molar-refractivity contribution >= 4 is 95.4 Å². The fraction of sp³-hybridized carbons (Fsp3) is 0.458. The van der Waals surface area contributed by atoms with Crippen LogP contribution in [-0.4, -0.2) is 160 Å². The molecule has 32 nitrogen and oxygen atoms in total. The first-order chi connectivity index (χ1) is 40.3. The number of ether oxygens (including phenoxy) is 6. The quantitative estimate of drug-likeness (QED) is 0.00523. The lowest BCUT2D eigenvalue weighted by Crippen LogP contribution is -2.36. The van der Waals surface area contributed by atoms with Gasteiger partial charge in [-0.3, -0.25) is 23.2 Å². The number of amides is 2. The number of carboxylic acid groups (broad SMARTS) is 1. The molecule has 3 aromatic rings. The van der Waals surface area contributed by atoms with Crippen molar-refractivity contribution in [2.45, 2.75) is 68.1 Å². The minimum Gasteiger partial charge on any atom is -0.478 e. The predicted octanol–water partition coefficient (Wildman–Crippen LogP) is 3.72. The van der Waals surface area contributed by atoms with Gasteiger partial charge in [-0.1, -0.05) is 33.7 Å². The molecule has 0 radical (unpaired) electrons. The molecule has 0 spiro atoms. The molecular formula is C48H64N7O25P3S3. The Morgan fingerprint density at radius 1 is 0.872 bits per heavy atom. The Kier molecular flexibility index (Phi) is 25.0. The highest BCUT2D eigenvalue weighted by Gasteiger charge is 2.44. The summed E-state index contributed by atoms with van der Waals surface area (Å²) >= 11 is 0. The van der Waals surface area contributed by atoms with Crippen LogP contribution < -0.4 is 33.1 Å². The van der Waals surface area contributed by atoms with Crippen LogP contribution in [0.3, 0.4) is 0 Å². The van der Waals surface area contributed by atoms with E-state index in [1.807, 2.05) is 13.8 Å². The van der Waals surface area contributed by atoms with Gasteiger partial charge in [-0.25, -0.2) is 23.3 Å². The minimum absolute atomic E-state index is 0.00940. The monoisotopic (exact) mass is 1330 g/mol. The average Bonchev–Trinajstić information content (AvgIpc) is 0.878. The van der Waals surface area contributed by atoms with Gasteiger partial charge in [0.05, 0.1) is 88.6 Å². The normalized spacial score (nSPS) is 17.1. The lowest BCUT2D eigenvalue weighted by atomic mass is 9.88. The van der Waals surface area contributed by atoms with E-state index in [0.717, 1.165) is 4.57 Å². The van der Waals surface area contributed by atoms with Gasteiger partial charge in [0, 0.05) is 59.0 Å². The van der Waals surface area contributed by atoms with Crippen LogP contribution in [0.1, 0.15) is 54.4 Å². The maximum absolute atomic E-state index is 12.9. The highest BCUT2D eigenvalue weighted by molar-refractivity contribution is 8.77. The molecule has 2 aromatic carbocycles. The number of fused-ring (bicyclic) bond motifs is 2. The van der Waals surface area contributed by atoms with Crippen molar-refractivity contribution in [2.24, 2.45) is 0 Å². The van der Waals surface area contributed by atoms with Crippen LogP contribution in [0.15, 0.2) is 68.8 Å². The Labute approximate surface area is 498 Å². The van der Waals surface area contributed by atoms with Crippen LogP contribution in [-0.2, 0) is 81.4 Å². The first kappa shape index (κ1) is 69.9. The van der Waals surface area contributed by atoms with Crippen molar-refractivity contribution < 1.29 is 112 Å². The Morgan fingerprint density at radius 2 is 1.52 bits per heavy atom. The number of nitrogens with one attached hydrogen (secondary N) is 3. The number of hydrogen-bond acceptors (Lipinski definition) is 25. The summed E-state index contributed by atoms with van der Waals surface area (Å²) in [4.78, 5) is 90.6. The van der Waals surface area contributed by atoms with E-state index >= 15 is 0 Å². The average molecular weight is 1330 g/mol. The van der Waals surface area contributed by atoms with Crippen molar-refractivity contribution in [2.75, 3.05) is 90.0 Å². The van der Waals surface area contributed by atoms with Gasteiger partial charge in [0.15, 0.2) is 10.5 Å². The lowest BCUT2D eigenvalue weighted by molar-refractivity contribution is -0.122. The fourth-order valence-corrected chi connectivity index (χ4v) is 14.2. The molecule has 13 N–H and O–H groups in total. The molecule has 0 saturated carbocycles. The highest BCUT2D eigenvalue weighted by Crippen LogP contribution is 2.66. The van der Waals surface area contributed by atoms with E-state index in [-0.39, 0.29) is 147 Å². The summed E-state index contributed by atoms with van der Waals surface area (Å²) < 4.78 is 123. The van der Waals surface area contributed by atoms with Crippen LogP contribution in [0.2, 0.25) is 0 Å². The minimum atomic E-state index is -5.79. The number of nitrogen functional groups attached to an aromatic ring is 2. The van der Waals surface area contributed by atoms with Gasteiger partial charge in [-0.05, 0) is 68.3 Å². The molecular weight excluding hydrogens is 1260 g/mol. The van der Waals surface area contributed by atoms with Gasteiger partial charge in [-0.15, -0.1) is 0 Å². The number of rotatable bonds is 35. The Hall–Kier alpha value is -5.20. The molecule has 1 aromatic heterocycles. The standard InChI is InChI=1S/C48H64N7O25P3S3/c1-28-34(49)8-6-31-42(32-7-9-35(50)45(86(68,69)70)44(32)78-43(28)31)30-5-4-29(22-33(30)46(58)59)23-40(57)52-12-15-72-17-19-74-21-20-73-18-16-71-14-11-39(56)53-26-48(2,3)85-84-27-75-36-24-41(55-13-10-38(51)54-47(55)60)77-37(36)25-76-82(64,65)80-83(66,67)79-81(61,62)63/h4-10,13,22,36-37,41,49H,11-12,14-21,23-27,50H2,1-3H3,(H,52,57)(H,53,56)(H,58,59)(H,64,65)(H,66,67)(H2,51,54,60)(H2,61,62,63)(H,68,69,70)/t36?,37-,41-/m1/s1. The molecule has 474 valence electrons. The maximum atomic E-state index is 12.9. The smallest absolute Gasteiger partial charge is 0.478 e. The molecule has 1 fully saturated rings. The Balaban J connectivity index is 0.814.